The Kier molecular flexibility index (Phi) is 5.03. The highest BCUT2D eigenvalue weighted by Gasteiger charge is 2.04. The molecule has 1 heterocycles. The van der Waals surface area contributed by atoms with E-state index in [1.165, 1.54) is 6.08 Å². The predicted molar refractivity (Wildman–Crippen MR) is 80.5 cm³/mol. The van der Waals surface area contributed by atoms with Gasteiger partial charge in [-0.1, -0.05) is 17.7 Å². The van der Waals surface area contributed by atoms with Gasteiger partial charge in [0.1, 0.15) is 5.75 Å². The maximum atomic E-state index is 11.0. The van der Waals surface area contributed by atoms with Crippen molar-refractivity contribution in [2.24, 2.45) is 0 Å². The Morgan fingerprint density at radius 3 is 3.00 bits per heavy atom. The molecule has 5 nitrogen and oxygen atoms in total. The van der Waals surface area contributed by atoms with Crippen molar-refractivity contribution in [1.82, 2.24) is 10.0 Å². The monoisotopic (exact) mass is 306 g/mol. The van der Waals surface area contributed by atoms with Gasteiger partial charge in [0.25, 0.3) is 5.91 Å². The minimum Gasteiger partial charge on any atom is -0.495 e. The number of nitrogens with one attached hydrogen (secondary N) is 1. The largest absolute Gasteiger partial charge is 0.495 e. The Labute approximate surface area is 127 Å². The highest BCUT2D eigenvalue weighted by molar-refractivity contribution is 6.32. The fourth-order valence-electron chi connectivity index (χ4n) is 1.92. The van der Waals surface area contributed by atoms with Crippen molar-refractivity contribution in [3.63, 3.8) is 0 Å². The molecule has 2 N–H and O–H groups in total. The van der Waals surface area contributed by atoms with E-state index in [9.17, 15) is 4.79 Å². The third kappa shape index (κ3) is 3.87. The molecule has 1 amide bonds. The van der Waals surface area contributed by atoms with Crippen LogP contribution in [0.2, 0.25) is 5.02 Å². The van der Waals surface area contributed by atoms with Crippen LogP contribution in [0, 0.1) is 0 Å². The number of halogens is 1. The lowest BCUT2D eigenvalue weighted by atomic mass is 10.2. The number of amides is 1. The smallest absolute Gasteiger partial charge is 0.267 e. The normalized spacial score (nSPS) is 10.8. The fraction of sp³-hybridized carbons (Fsp3) is 0.133. The molecule has 2 rings (SSSR count). The lowest BCUT2D eigenvalue weighted by Crippen LogP contribution is -2.15. The van der Waals surface area contributed by atoms with Crippen LogP contribution in [0.15, 0.2) is 42.6 Å². The zero-order valence-corrected chi connectivity index (χ0v) is 12.2. The van der Waals surface area contributed by atoms with Crippen molar-refractivity contribution in [3.8, 4) is 5.75 Å². The van der Waals surface area contributed by atoms with Crippen molar-refractivity contribution in [2.45, 2.75) is 6.54 Å². The summed E-state index contributed by atoms with van der Waals surface area (Å²) in [4.78, 5) is 11.0. The van der Waals surface area contributed by atoms with E-state index in [1.54, 1.807) is 24.7 Å². The highest BCUT2D eigenvalue weighted by Crippen LogP contribution is 2.25. The molecule has 0 atom stereocenters. The first-order valence-electron chi connectivity index (χ1n) is 6.23. The Balaban J connectivity index is 2.19. The van der Waals surface area contributed by atoms with Gasteiger partial charge in [-0.2, -0.15) is 0 Å². The van der Waals surface area contributed by atoms with Crippen LogP contribution in [0.4, 0.5) is 0 Å². The second-order valence-electron chi connectivity index (χ2n) is 4.34. The maximum Gasteiger partial charge on any atom is 0.267 e. The number of hydrogen-bond donors (Lipinski definition) is 2. The zero-order chi connectivity index (χ0) is 15.2. The Morgan fingerprint density at radius 1 is 1.48 bits per heavy atom. The number of nitrogens with zero attached hydrogens (tertiary/aromatic N) is 1. The number of ether oxygens (including phenoxy) is 1. The minimum atomic E-state index is -0.573. The minimum absolute atomic E-state index is 0.563. The highest BCUT2D eigenvalue weighted by atomic mass is 35.5. The number of hydrogen-bond acceptors (Lipinski definition) is 3. The molecule has 0 bridgehead atoms. The molecule has 6 heteroatoms. The average Bonchev–Trinajstić information content (AvgIpc) is 2.93. The quantitative estimate of drug-likeness (QED) is 0.507. The third-order valence-electron chi connectivity index (χ3n) is 2.95. The van der Waals surface area contributed by atoms with Gasteiger partial charge in [0.15, 0.2) is 0 Å². The summed E-state index contributed by atoms with van der Waals surface area (Å²) in [5.41, 5.74) is 3.41. The van der Waals surface area contributed by atoms with Gasteiger partial charge >= 0.3 is 0 Å². The van der Waals surface area contributed by atoms with E-state index in [1.807, 2.05) is 35.0 Å². The second-order valence-corrected chi connectivity index (χ2v) is 4.75. The molecular weight excluding hydrogens is 292 g/mol. The Hall–Kier alpha value is -2.24. The fourth-order valence-corrected chi connectivity index (χ4v) is 2.11. The van der Waals surface area contributed by atoms with E-state index < -0.39 is 5.91 Å². The molecule has 21 heavy (non-hydrogen) atoms. The summed E-state index contributed by atoms with van der Waals surface area (Å²) in [6.45, 7) is 0.612. The number of methoxy groups -OCH3 is 1. The topological polar surface area (TPSA) is 63.5 Å². The van der Waals surface area contributed by atoms with Crippen molar-refractivity contribution in [1.29, 1.82) is 0 Å². The van der Waals surface area contributed by atoms with Crippen LogP contribution in [0.1, 0.15) is 11.3 Å². The SMILES string of the molecule is COc1cc(Cn2cccc2/C=C/C(=O)NO)ccc1Cl. The molecule has 1 aromatic heterocycles. The predicted octanol–water partition coefficient (Wildman–Crippen LogP) is 2.72. The summed E-state index contributed by atoms with van der Waals surface area (Å²) >= 11 is 6.00. The second kappa shape index (κ2) is 6.97. The van der Waals surface area contributed by atoms with Crippen molar-refractivity contribution < 1.29 is 14.7 Å². The van der Waals surface area contributed by atoms with Crippen LogP contribution in [0.25, 0.3) is 6.08 Å². The molecule has 0 unspecified atom stereocenters. The van der Waals surface area contributed by atoms with Crippen LogP contribution < -0.4 is 10.2 Å². The van der Waals surface area contributed by atoms with Gasteiger partial charge in [0, 0.05) is 24.5 Å². The van der Waals surface area contributed by atoms with E-state index in [0.29, 0.717) is 17.3 Å². The molecule has 110 valence electrons. The summed E-state index contributed by atoms with van der Waals surface area (Å²) in [7, 11) is 1.57. The number of carbonyl (C=O) groups excluding carboxylic acids is 1. The van der Waals surface area contributed by atoms with Crippen LogP contribution in [-0.2, 0) is 11.3 Å². The van der Waals surface area contributed by atoms with Gasteiger partial charge in [-0.3, -0.25) is 10.0 Å². The molecule has 0 spiro atoms. The van der Waals surface area contributed by atoms with E-state index >= 15 is 0 Å². The standard InChI is InChI=1S/C15H15ClN2O3/c1-21-14-9-11(4-6-13(14)16)10-18-8-2-3-12(18)5-7-15(19)17-20/h2-9,20H,10H2,1H3,(H,17,19)/b7-5+. The summed E-state index contributed by atoms with van der Waals surface area (Å²) in [6.07, 6.45) is 4.78. The number of rotatable bonds is 5. The van der Waals surface area contributed by atoms with Crippen molar-refractivity contribution in [3.05, 3.63) is 58.9 Å². The van der Waals surface area contributed by atoms with Gasteiger partial charge < -0.3 is 9.30 Å². The average molecular weight is 307 g/mol. The molecule has 0 fully saturated rings. The first-order chi connectivity index (χ1) is 10.1. The van der Waals surface area contributed by atoms with E-state index in [-0.39, 0.29) is 0 Å². The van der Waals surface area contributed by atoms with Gasteiger partial charge in [-0.05, 0) is 35.9 Å². The van der Waals surface area contributed by atoms with E-state index in [4.69, 9.17) is 21.5 Å². The van der Waals surface area contributed by atoms with Crippen LogP contribution in [0.3, 0.4) is 0 Å². The molecule has 0 saturated carbocycles. The lowest BCUT2D eigenvalue weighted by molar-refractivity contribution is -0.124. The first-order valence-corrected chi connectivity index (χ1v) is 6.61. The number of benzene rings is 1. The molecule has 0 aliphatic heterocycles. The van der Waals surface area contributed by atoms with E-state index in [0.717, 1.165) is 11.3 Å². The number of carbonyl (C=O) groups is 1. The molecule has 0 aliphatic rings. The van der Waals surface area contributed by atoms with Crippen molar-refractivity contribution in [2.75, 3.05) is 7.11 Å². The van der Waals surface area contributed by atoms with Gasteiger partial charge in [0.2, 0.25) is 0 Å². The van der Waals surface area contributed by atoms with Crippen LogP contribution >= 0.6 is 11.6 Å². The van der Waals surface area contributed by atoms with Crippen LogP contribution in [-0.4, -0.2) is 22.8 Å². The van der Waals surface area contributed by atoms with Gasteiger partial charge in [-0.15, -0.1) is 0 Å². The Morgan fingerprint density at radius 2 is 2.29 bits per heavy atom. The van der Waals surface area contributed by atoms with Gasteiger partial charge in [-0.25, -0.2) is 5.48 Å². The van der Waals surface area contributed by atoms with Crippen LogP contribution in [0.5, 0.6) is 5.75 Å². The van der Waals surface area contributed by atoms with E-state index in [2.05, 4.69) is 0 Å². The molecule has 0 saturated heterocycles. The van der Waals surface area contributed by atoms with Gasteiger partial charge in [0.05, 0.1) is 12.1 Å². The molecule has 0 radical (unpaired) electrons. The number of hydroxylamine groups is 1. The third-order valence-corrected chi connectivity index (χ3v) is 3.26. The summed E-state index contributed by atoms with van der Waals surface area (Å²) < 4.78 is 7.15. The molecule has 1 aromatic carbocycles. The molecule has 2 aromatic rings. The Bertz CT molecular complexity index is 665. The number of aromatic nitrogens is 1. The first kappa shape index (κ1) is 15.2. The zero-order valence-electron chi connectivity index (χ0n) is 11.4. The maximum absolute atomic E-state index is 11.0. The summed E-state index contributed by atoms with van der Waals surface area (Å²) in [5.74, 6) is 0.0500. The lowest BCUT2D eigenvalue weighted by Gasteiger charge is -2.09. The summed E-state index contributed by atoms with van der Waals surface area (Å²) in [6, 6.07) is 9.32. The van der Waals surface area contributed by atoms with Crippen molar-refractivity contribution >= 4 is 23.6 Å². The molecular formula is C15H15ClN2O3. The molecule has 0 aliphatic carbocycles. The summed E-state index contributed by atoms with van der Waals surface area (Å²) in [5, 5.41) is 9.03.